The summed E-state index contributed by atoms with van der Waals surface area (Å²) in [7, 11) is 1.75. The number of hydrogen-bond acceptors (Lipinski definition) is 6. The van der Waals surface area contributed by atoms with Crippen molar-refractivity contribution in [1.29, 1.82) is 0 Å². The molecule has 8 nitrogen and oxygen atoms in total. The lowest BCUT2D eigenvalue weighted by Gasteiger charge is -2.13. The number of hydrogen-bond donors (Lipinski definition) is 1. The van der Waals surface area contributed by atoms with Crippen LogP contribution in [0.25, 0.3) is 22.5 Å². The fraction of sp³-hybridized carbons (Fsp3) is 0.120. The van der Waals surface area contributed by atoms with Gasteiger partial charge in [-0.2, -0.15) is 0 Å². The molecule has 2 aliphatic rings. The highest BCUT2D eigenvalue weighted by molar-refractivity contribution is 6.53. The number of Topliss-reactive ketones (excluding diaryl/α,β-unsaturated/α-hetero) is 4. The summed E-state index contributed by atoms with van der Waals surface area (Å²) in [6, 6.07) is 14.1. The lowest BCUT2D eigenvalue weighted by Crippen LogP contribution is -2.23. The van der Waals surface area contributed by atoms with Gasteiger partial charge in [-0.05, 0) is 13.8 Å². The van der Waals surface area contributed by atoms with Crippen LogP contribution in [0.2, 0.25) is 0 Å². The first-order valence-corrected chi connectivity index (χ1v) is 10.3. The first kappa shape index (κ1) is 20.4. The molecule has 0 aliphatic heterocycles. The van der Waals surface area contributed by atoms with Crippen molar-refractivity contribution in [2.75, 3.05) is 0 Å². The summed E-state index contributed by atoms with van der Waals surface area (Å²) in [6.45, 7) is 3.58. The SMILES string of the molecule is Cc1nc2c([nH]1)C(=O)C(=O)c1ccccc1-2.Cc1nc2c(n1C)C(=O)C(=O)c1ccccc1-2. The number of benzene rings is 2. The Hall–Kier alpha value is -4.46. The van der Waals surface area contributed by atoms with Crippen molar-refractivity contribution in [3.8, 4) is 22.5 Å². The van der Waals surface area contributed by atoms with Crippen LogP contribution in [-0.4, -0.2) is 42.7 Å². The number of carbonyl (C=O) groups excluding carboxylic acids is 4. The van der Waals surface area contributed by atoms with Crippen molar-refractivity contribution in [2.45, 2.75) is 13.8 Å². The predicted molar refractivity (Wildman–Crippen MR) is 119 cm³/mol. The highest BCUT2D eigenvalue weighted by Crippen LogP contribution is 2.33. The van der Waals surface area contributed by atoms with Crippen molar-refractivity contribution in [2.24, 2.45) is 7.05 Å². The Kier molecular flexibility index (Phi) is 4.52. The molecule has 33 heavy (non-hydrogen) atoms. The molecule has 4 aromatic rings. The van der Waals surface area contributed by atoms with E-state index in [0.717, 1.165) is 17.0 Å². The number of aryl methyl sites for hydroxylation is 2. The Morgan fingerprint density at radius 1 is 0.667 bits per heavy atom. The molecule has 1 N–H and O–H groups in total. The second kappa shape index (κ2) is 7.30. The summed E-state index contributed by atoms with van der Waals surface area (Å²) in [6.07, 6.45) is 0. The van der Waals surface area contributed by atoms with Crippen molar-refractivity contribution in [1.82, 2.24) is 19.5 Å². The van der Waals surface area contributed by atoms with Crippen molar-refractivity contribution in [3.63, 3.8) is 0 Å². The minimum absolute atomic E-state index is 0.307. The average Bonchev–Trinajstić information content (AvgIpc) is 3.36. The number of nitrogens with zero attached hydrogens (tertiary/aromatic N) is 3. The number of fused-ring (bicyclic) bond motifs is 6. The number of ketones is 4. The summed E-state index contributed by atoms with van der Waals surface area (Å²) >= 11 is 0. The van der Waals surface area contributed by atoms with Gasteiger partial charge < -0.3 is 9.55 Å². The molecule has 0 radical (unpaired) electrons. The van der Waals surface area contributed by atoms with E-state index in [1.807, 2.05) is 25.1 Å². The van der Waals surface area contributed by atoms with Gasteiger partial charge >= 0.3 is 0 Å². The number of carbonyl (C=O) groups is 4. The third-order valence-corrected chi connectivity index (χ3v) is 5.85. The van der Waals surface area contributed by atoms with E-state index < -0.39 is 23.1 Å². The molecule has 0 atom stereocenters. The zero-order valence-electron chi connectivity index (χ0n) is 18.1. The van der Waals surface area contributed by atoms with Crippen LogP contribution in [0.5, 0.6) is 0 Å². The zero-order chi connectivity index (χ0) is 23.4. The van der Waals surface area contributed by atoms with E-state index in [2.05, 4.69) is 15.0 Å². The van der Waals surface area contributed by atoms with E-state index in [0.29, 0.717) is 39.7 Å². The van der Waals surface area contributed by atoms with Gasteiger partial charge in [0.05, 0.1) is 0 Å². The molecule has 162 valence electrons. The van der Waals surface area contributed by atoms with Gasteiger partial charge in [-0.15, -0.1) is 0 Å². The van der Waals surface area contributed by atoms with E-state index in [4.69, 9.17) is 0 Å². The number of H-pyrrole nitrogens is 1. The second-order valence-electron chi connectivity index (χ2n) is 7.87. The maximum absolute atomic E-state index is 12.0. The Morgan fingerprint density at radius 3 is 1.79 bits per heavy atom. The number of rotatable bonds is 0. The van der Waals surface area contributed by atoms with Gasteiger partial charge in [0.15, 0.2) is 0 Å². The van der Waals surface area contributed by atoms with Crippen LogP contribution in [0.3, 0.4) is 0 Å². The van der Waals surface area contributed by atoms with Crippen molar-refractivity contribution < 1.29 is 19.2 Å². The van der Waals surface area contributed by atoms with Crippen LogP contribution in [0.1, 0.15) is 53.3 Å². The molecule has 0 unspecified atom stereocenters. The van der Waals surface area contributed by atoms with Gasteiger partial charge in [-0.1, -0.05) is 48.5 Å². The van der Waals surface area contributed by atoms with E-state index in [9.17, 15) is 19.2 Å². The molecule has 2 aromatic carbocycles. The van der Waals surface area contributed by atoms with Crippen LogP contribution in [-0.2, 0) is 7.05 Å². The van der Waals surface area contributed by atoms with Crippen molar-refractivity contribution in [3.05, 3.63) is 82.7 Å². The molecule has 0 fully saturated rings. The Bertz CT molecular complexity index is 1520. The third kappa shape index (κ3) is 2.99. The van der Waals surface area contributed by atoms with E-state index >= 15 is 0 Å². The summed E-state index contributed by atoms with van der Waals surface area (Å²) in [5.41, 5.74) is 4.26. The van der Waals surface area contributed by atoms with Gasteiger partial charge in [0, 0.05) is 29.3 Å². The molecule has 2 aromatic heterocycles. The molecule has 0 saturated carbocycles. The monoisotopic (exact) mass is 438 g/mol. The van der Waals surface area contributed by atoms with Crippen LogP contribution in [0.4, 0.5) is 0 Å². The van der Waals surface area contributed by atoms with Crippen LogP contribution in [0, 0.1) is 13.8 Å². The van der Waals surface area contributed by atoms with Gasteiger partial charge in [0.25, 0.3) is 11.6 Å². The minimum atomic E-state index is -0.505. The molecule has 0 bridgehead atoms. The standard InChI is InChI=1S/C13H10N2O2.C12H8N2O2/c1-7-14-10-8-5-3-4-6-9(8)12(16)13(17)11(10)15(7)2;1-6-13-9-7-4-2-3-5-8(7)11(15)12(16)10(9)14-6/h3-6H,1-2H3;2-5H,1H3,(H,13,14). The lowest BCUT2D eigenvalue weighted by molar-refractivity contribution is 0.0810. The van der Waals surface area contributed by atoms with E-state index in [1.165, 1.54) is 0 Å². The lowest BCUT2D eigenvalue weighted by atomic mass is 9.90. The summed E-state index contributed by atoms with van der Waals surface area (Å²) in [5.74, 6) is -0.519. The smallest absolute Gasteiger partial charge is 0.252 e. The van der Waals surface area contributed by atoms with E-state index in [1.54, 1.807) is 48.9 Å². The molecule has 2 aliphatic carbocycles. The normalized spacial score (nSPS) is 13.5. The van der Waals surface area contributed by atoms with Crippen LogP contribution < -0.4 is 0 Å². The molecule has 2 heterocycles. The Morgan fingerprint density at radius 2 is 1.18 bits per heavy atom. The quantitative estimate of drug-likeness (QED) is 0.420. The Balaban J connectivity index is 0.000000139. The first-order valence-electron chi connectivity index (χ1n) is 10.3. The maximum Gasteiger partial charge on any atom is 0.252 e. The highest BCUT2D eigenvalue weighted by atomic mass is 16.2. The van der Waals surface area contributed by atoms with E-state index in [-0.39, 0.29) is 0 Å². The molecule has 0 saturated heterocycles. The molecule has 6 rings (SSSR count). The molecule has 0 amide bonds. The maximum atomic E-state index is 12.0. The number of nitrogens with one attached hydrogen (secondary N) is 1. The predicted octanol–water partition coefficient (Wildman–Crippen LogP) is 3.54. The fourth-order valence-corrected chi connectivity index (χ4v) is 4.15. The number of aromatic amines is 1. The van der Waals surface area contributed by atoms with Crippen LogP contribution >= 0.6 is 0 Å². The number of imidazole rings is 2. The topological polar surface area (TPSA) is 115 Å². The second-order valence-corrected chi connectivity index (χ2v) is 7.87. The third-order valence-electron chi connectivity index (χ3n) is 5.85. The summed E-state index contributed by atoms with van der Waals surface area (Å²) in [5, 5.41) is 0. The highest BCUT2D eigenvalue weighted by Gasteiger charge is 2.34. The molecule has 0 spiro atoms. The van der Waals surface area contributed by atoms with Crippen molar-refractivity contribution >= 4 is 23.1 Å². The summed E-state index contributed by atoms with van der Waals surface area (Å²) < 4.78 is 1.67. The fourth-order valence-electron chi connectivity index (χ4n) is 4.15. The summed E-state index contributed by atoms with van der Waals surface area (Å²) in [4.78, 5) is 59.0. The van der Waals surface area contributed by atoms with Gasteiger partial charge in [-0.25, -0.2) is 9.97 Å². The largest absolute Gasteiger partial charge is 0.339 e. The molecular weight excluding hydrogens is 420 g/mol. The van der Waals surface area contributed by atoms with Gasteiger partial charge in [0.2, 0.25) is 11.6 Å². The Labute approximate surface area is 188 Å². The van der Waals surface area contributed by atoms with Gasteiger partial charge in [-0.3, -0.25) is 19.2 Å². The first-order chi connectivity index (χ1) is 15.8. The average molecular weight is 438 g/mol. The number of aromatic nitrogens is 4. The van der Waals surface area contributed by atoms with Crippen LogP contribution in [0.15, 0.2) is 48.5 Å². The molecule has 8 heteroatoms. The zero-order valence-corrected chi connectivity index (χ0v) is 18.1. The minimum Gasteiger partial charge on any atom is -0.339 e. The van der Waals surface area contributed by atoms with Gasteiger partial charge in [0.1, 0.15) is 34.4 Å². The molecular formula is C25H18N4O4.